The summed E-state index contributed by atoms with van der Waals surface area (Å²) >= 11 is 3.06. The van der Waals surface area contributed by atoms with Gasteiger partial charge in [-0.05, 0) is 53.7 Å². The van der Waals surface area contributed by atoms with E-state index < -0.39 is 26.6 Å². The van der Waals surface area contributed by atoms with Crippen molar-refractivity contribution in [2.75, 3.05) is 13.1 Å². The van der Waals surface area contributed by atoms with Gasteiger partial charge in [-0.3, -0.25) is 4.79 Å². The lowest BCUT2D eigenvalue weighted by Crippen LogP contribution is -2.33. The van der Waals surface area contributed by atoms with Crippen LogP contribution in [0.1, 0.15) is 30.1 Å². The van der Waals surface area contributed by atoms with Crippen LogP contribution in [0.15, 0.2) is 21.5 Å². The molecule has 116 valence electrons. The second-order valence-electron chi connectivity index (χ2n) is 5.10. The van der Waals surface area contributed by atoms with E-state index in [0.717, 1.165) is 25.0 Å². The van der Waals surface area contributed by atoms with Crippen molar-refractivity contribution in [3.8, 4) is 0 Å². The number of benzene rings is 1. The molecule has 1 amide bonds. The minimum Gasteiger partial charge on any atom is -0.339 e. The molecule has 2 rings (SSSR count). The number of carbonyl (C=O) groups is 1. The first-order valence-corrected chi connectivity index (χ1v) is 8.89. The van der Waals surface area contributed by atoms with E-state index in [-0.39, 0.29) is 10.0 Å². The number of hydrogen-bond donors (Lipinski definition) is 1. The maximum Gasteiger partial charge on any atom is 0.255 e. The maximum atomic E-state index is 13.6. The molecule has 1 aliphatic rings. The van der Waals surface area contributed by atoms with E-state index >= 15 is 0 Å². The first-order valence-electron chi connectivity index (χ1n) is 6.55. The molecule has 0 atom stereocenters. The van der Waals surface area contributed by atoms with E-state index in [0.29, 0.717) is 19.0 Å². The summed E-state index contributed by atoms with van der Waals surface area (Å²) in [7, 11) is -4.11. The van der Waals surface area contributed by atoms with Gasteiger partial charge in [0.15, 0.2) is 0 Å². The Morgan fingerprint density at radius 1 is 1.48 bits per heavy atom. The monoisotopic (exact) mass is 378 g/mol. The minimum absolute atomic E-state index is 0.00523. The number of carbonyl (C=O) groups excluding carboxylic acids is 1. The molecule has 0 heterocycles. The van der Waals surface area contributed by atoms with E-state index in [2.05, 4.69) is 15.9 Å². The lowest BCUT2D eigenvalue weighted by Gasteiger charge is -2.22. The van der Waals surface area contributed by atoms with E-state index in [9.17, 15) is 17.6 Å². The van der Waals surface area contributed by atoms with Crippen LogP contribution in [0.5, 0.6) is 0 Å². The summed E-state index contributed by atoms with van der Waals surface area (Å²) in [5.41, 5.74) is -0.0264. The second-order valence-corrected chi connectivity index (χ2v) is 7.42. The lowest BCUT2D eigenvalue weighted by molar-refractivity contribution is 0.0755. The van der Waals surface area contributed by atoms with Crippen LogP contribution in [0, 0.1) is 11.7 Å². The Hall–Kier alpha value is -0.990. The molecule has 21 heavy (non-hydrogen) atoms. The van der Waals surface area contributed by atoms with E-state index in [1.807, 2.05) is 6.92 Å². The van der Waals surface area contributed by atoms with Gasteiger partial charge in [0.25, 0.3) is 5.91 Å². The van der Waals surface area contributed by atoms with Gasteiger partial charge in [-0.1, -0.05) is 0 Å². The van der Waals surface area contributed by atoms with Gasteiger partial charge >= 0.3 is 0 Å². The first-order chi connectivity index (χ1) is 9.74. The number of halogens is 2. The third kappa shape index (κ3) is 3.81. The van der Waals surface area contributed by atoms with Gasteiger partial charge in [-0.15, -0.1) is 0 Å². The third-order valence-corrected chi connectivity index (χ3v) is 5.44. The molecule has 2 N–H and O–H groups in total. The van der Waals surface area contributed by atoms with E-state index in [1.165, 1.54) is 0 Å². The summed E-state index contributed by atoms with van der Waals surface area (Å²) in [5, 5.41) is 5.05. The number of nitrogens with two attached hydrogens (primary N) is 1. The molecule has 0 bridgehead atoms. The molecule has 0 aromatic heterocycles. The van der Waals surface area contributed by atoms with Crippen molar-refractivity contribution in [2.45, 2.75) is 24.7 Å². The predicted octanol–water partition coefficient (Wildman–Crippen LogP) is 2.11. The molecule has 0 spiro atoms. The average Bonchev–Trinajstić information content (AvgIpc) is 3.20. The van der Waals surface area contributed by atoms with Gasteiger partial charge in [0, 0.05) is 13.1 Å². The second kappa shape index (κ2) is 6.02. The average molecular weight is 379 g/mol. The van der Waals surface area contributed by atoms with Crippen LogP contribution in [-0.4, -0.2) is 32.3 Å². The van der Waals surface area contributed by atoms with E-state index in [1.54, 1.807) is 4.90 Å². The number of hydrogen-bond acceptors (Lipinski definition) is 3. The van der Waals surface area contributed by atoms with Gasteiger partial charge in [0.05, 0.1) is 14.9 Å². The summed E-state index contributed by atoms with van der Waals surface area (Å²) in [6, 6.07) is 1.82. The summed E-state index contributed by atoms with van der Waals surface area (Å²) in [5.74, 6) is -0.729. The number of nitrogens with zero attached hydrogens (tertiary/aromatic N) is 1. The van der Waals surface area contributed by atoms with Crippen molar-refractivity contribution >= 4 is 31.9 Å². The number of rotatable bonds is 5. The molecule has 1 saturated carbocycles. The van der Waals surface area contributed by atoms with Crippen LogP contribution in [0.2, 0.25) is 0 Å². The van der Waals surface area contributed by atoms with Crippen molar-refractivity contribution in [1.29, 1.82) is 0 Å². The van der Waals surface area contributed by atoms with Crippen LogP contribution >= 0.6 is 15.9 Å². The minimum atomic E-state index is -4.11. The number of sulfonamides is 1. The highest BCUT2D eigenvalue weighted by atomic mass is 79.9. The van der Waals surface area contributed by atoms with Gasteiger partial charge < -0.3 is 4.90 Å². The largest absolute Gasteiger partial charge is 0.339 e. The molecule has 0 radical (unpaired) electrons. The summed E-state index contributed by atoms with van der Waals surface area (Å²) in [6.07, 6.45) is 2.16. The Morgan fingerprint density at radius 3 is 2.57 bits per heavy atom. The smallest absolute Gasteiger partial charge is 0.255 e. The normalized spacial score (nSPS) is 15.0. The lowest BCUT2D eigenvalue weighted by atomic mass is 10.2. The molecule has 1 aromatic rings. The van der Waals surface area contributed by atoms with Crippen molar-refractivity contribution in [2.24, 2.45) is 11.1 Å². The summed E-state index contributed by atoms with van der Waals surface area (Å²) in [6.45, 7) is 2.90. The van der Waals surface area contributed by atoms with Crippen molar-refractivity contribution in [3.05, 3.63) is 28.0 Å². The Morgan fingerprint density at radius 2 is 2.10 bits per heavy atom. The Kier molecular flexibility index (Phi) is 4.69. The molecular weight excluding hydrogens is 363 g/mol. The molecule has 1 fully saturated rings. The van der Waals surface area contributed by atoms with Crippen molar-refractivity contribution < 1.29 is 17.6 Å². The van der Waals surface area contributed by atoms with E-state index in [4.69, 9.17) is 5.14 Å². The Bertz CT molecular complexity index is 674. The molecule has 1 aromatic carbocycles. The van der Waals surface area contributed by atoms with Crippen molar-refractivity contribution in [1.82, 2.24) is 4.90 Å². The van der Waals surface area contributed by atoms with Crippen LogP contribution in [0.25, 0.3) is 0 Å². The maximum absolute atomic E-state index is 13.6. The summed E-state index contributed by atoms with van der Waals surface area (Å²) < 4.78 is 36.6. The van der Waals surface area contributed by atoms with Gasteiger partial charge in [0.2, 0.25) is 10.0 Å². The van der Waals surface area contributed by atoms with Gasteiger partial charge in [-0.25, -0.2) is 17.9 Å². The molecule has 8 heteroatoms. The molecule has 1 aliphatic carbocycles. The number of primary sulfonamides is 1. The fourth-order valence-corrected chi connectivity index (χ4v) is 3.78. The Balaban J connectivity index is 2.42. The van der Waals surface area contributed by atoms with Crippen LogP contribution < -0.4 is 5.14 Å². The fraction of sp³-hybridized carbons (Fsp3) is 0.462. The molecule has 0 unspecified atom stereocenters. The topological polar surface area (TPSA) is 80.5 Å². The molecule has 5 nitrogen and oxygen atoms in total. The highest BCUT2D eigenvalue weighted by molar-refractivity contribution is 9.10. The quantitative estimate of drug-likeness (QED) is 0.851. The highest BCUT2D eigenvalue weighted by Crippen LogP contribution is 2.32. The number of amides is 1. The zero-order valence-electron chi connectivity index (χ0n) is 11.5. The van der Waals surface area contributed by atoms with Crippen LogP contribution in [0.3, 0.4) is 0 Å². The zero-order chi connectivity index (χ0) is 15.8. The highest BCUT2D eigenvalue weighted by Gasteiger charge is 2.29. The van der Waals surface area contributed by atoms with Crippen LogP contribution in [0.4, 0.5) is 4.39 Å². The van der Waals surface area contributed by atoms with Gasteiger partial charge in [-0.2, -0.15) is 0 Å². The Labute approximate surface area is 131 Å². The van der Waals surface area contributed by atoms with Gasteiger partial charge in [0.1, 0.15) is 5.82 Å². The zero-order valence-corrected chi connectivity index (χ0v) is 13.9. The molecule has 0 saturated heterocycles. The summed E-state index contributed by atoms with van der Waals surface area (Å²) in [4.78, 5) is 13.6. The predicted molar refractivity (Wildman–Crippen MR) is 79.8 cm³/mol. The third-order valence-electron chi connectivity index (χ3n) is 3.39. The van der Waals surface area contributed by atoms with Crippen molar-refractivity contribution in [3.63, 3.8) is 0 Å². The SMILES string of the molecule is CCN(CC1CC1)C(=O)c1cc(F)cc(S(N)(=O)=O)c1Br. The molecular formula is C13H16BrFN2O3S. The van der Waals surface area contributed by atoms with Crippen LogP contribution in [-0.2, 0) is 10.0 Å². The fourth-order valence-electron chi connectivity index (χ4n) is 2.06. The molecule has 0 aliphatic heterocycles. The standard InChI is InChI=1S/C13H16BrFN2O3S/c1-2-17(7-8-3-4-8)13(18)10-5-9(15)6-11(12(10)14)21(16,19)20/h5-6,8H,2-4,7H2,1H3,(H2,16,19,20). The first kappa shape index (κ1) is 16.4.